The second-order valence-electron chi connectivity index (χ2n) is 4.53. The third-order valence-electron chi connectivity index (χ3n) is 3.22. The molecule has 0 saturated heterocycles. The lowest BCUT2D eigenvalue weighted by Gasteiger charge is -2.17. The van der Waals surface area contributed by atoms with Gasteiger partial charge in [0, 0.05) is 10.9 Å². The molecule has 0 heterocycles. The smallest absolute Gasteiger partial charge is 0.316 e. The van der Waals surface area contributed by atoms with Crippen LogP contribution >= 0.6 is 11.6 Å². The van der Waals surface area contributed by atoms with E-state index < -0.39 is 29.6 Å². The van der Waals surface area contributed by atoms with E-state index in [2.05, 4.69) is 9.47 Å². The molecule has 0 bridgehead atoms. The molecule has 2 atom stereocenters. The van der Waals surface area contributed by atoms with Gasteiger partial charge in [0.1, 0.15) is 5.92 Å². The minimum absolute atomic E-state index is 0.333. The summed E-state index contributed by atoms with van der Waals surface area (Å²) >= 11 is 5.80. The largest absolute Gasteiger partial charge is 0.469 e. The molecule has 0 radical (unpaired) electrons. The van der Waals surface area contributed by atoms with Crippen molar-refractivity contribution < 1.29 is 23.9 Å². The zero-order valence-electron chi connectivity index (χ0n) is 12.1. The fourth-order valence-electron chi connectivity index (χ4n) is 1.91. The van der Waals surface area contributed by atoms with E-state index in [1.54, 1.807) is 31.2 Å². The van der Waals surface area contributed by atoms with E-state index in [0.717, 1.165) is 0 Å². The van der Waals surface area contributed by atoms with E-state index in [0.29, 0.717) is 10.6 Å². The Morgan fingerprint density at radius 1 is 1.10 bits per heavy atom. The van der Waals surface area contributed by atoms with Gasteiger partial charge in [0.25, 0.3) is 0 Å². The fourth-order valence-corrected chi connectivity index (χ4v) is 2.04. The number of methoxy groups -OCH3 is 2. The first-order valence-electron chi connectivity index (χ1n) is 6.34. The number of rotatable bonds is 6. The maximum absolute atomic E-state index is 12.4. The van der Waals surface area contributed by atoms with Gasteiger partial charge < -0.3 is 9.47 Å². The second kappa shape index (κ2) is 7.78. The first kappa shape index (κ1) is 17.2. The Morgan fingerprint density at radius 2 is 1.67 bits per heavy atom. The molecule has 0 N–H and O–H groups in total. The van der Waals surface area contributed by atoms with Crippen LogP contribution in [0.5, 0.6) is 0 Å². The number of Topliss-reactive ketones (excluding diaryl/α,β-unsaturated/α-hetero) is 1. The highest BCUT2D eigenvalue weighted by Gasteiger charge is 2.34. The standard InChI is InChI=1S/C15H17ClO5/c1-9(10-4-6-11(16)7-5-10)14(18)12(15(19)21-3)8-13(17)20-2/h4-7,9,12H,8H2,1-3H3. The van der Waals surface area contributed by atoms with Crippen LogP contribution < -0.4 is 0 Å². The normalized spacial score (nSPS) is 13.1. The lowest BCUT2D eigenvalue weighted by Crippen LogP contribution is -2.31. The van der Waals surface area contributed by atoms with Gasteiger partial charge in [-0.15, -0.1) is 0 Å². The molecule has 21 heavy (non-hydrogen) atoms. The van der Waals surface area contributed by atoms with Gasteiger partial charge >= 0.3 is 11.9 Å². The molecule has 0 spiro atoms. The highest BCUT2D eigenvalue weighted by molar-refractivity contribution is 6.30. The van der Waals surface area contributed by atoms with E-state index in [4.69, 9.17) is 11.6 Å². The molecule has 0 aliphatic rings. The van der Waals surface area contributed by atoms with Crippen molar-refractivity contribution in [2.24, 2.45) is 5.92 Å². The molecule has 0 fully saturated rings. The van der Waals surface area contributed by atoms with Crippen LogP contribution in [0.1, 0.15) is 24.8 Å². The molecule has 0 saturated carbocycles. The number of hydrogen-bond acceptors (Lipinski definition) is 5. The minimum Gasteiger partial charge on any atom is -0.469 e. The summed E-state index contributed by atoms with van der Waals surface area (Å²) in [5, 5.41) is 0.553. The predicted octanol–water partition coefficient (Wildman–Crippen LogP) is 2.36. The number of halogens is 1. The number of hydrogen-bond donors (Lipinski definition) is 0. The zero-order valence-corrected chi connectivity index (χ0v) is 12.8. The number of carbonyl (C=O) groups excluding carboxylic acids is 3. The van der Waals surface area contributed by atoms with Crippen molar-refractivity contribution in [2.45, 2.75) is 19.3 Å². The summed E-state index contributed by atoms with van der Waals surface area (Å²) in [6, 6.07) is 6.73. The van der Waals surface area contributed by atoms with Crippen LogP contribution in [-0.2, 0) is 23.9 Å². The molecule has 2 unspecified atom stereocenters. The average Bonchev–Trinajstić information content (AvgIpc) is 2.50. The molecular weight excluding hydrogens is 296 g/mol. The van der Waals surface area contributed by atoms with Gasteiger partial charge in [0.15, 0.2) is 5.78 Å². The summed E-state index contributed by atoms with van der Waals surface area (Å²) in [5.74, 6) is -3.51. The molecular formula is C15H17ClO5. The summed E-state index contributed by atoms with van der Waals surface area (Å²) in [6.07, 6.45) is -0.333. The van der Waals surface area contributed by atoms with Crippen molar-refractivity contribution in [2.75, 3.05) is 14.2 Å². The van der Waals surface area contributed by atoms with E-state index in [-0.39, 0.29) is 6.42 Å². The molecule has 114 valence electrons. The van der Waals surface area contributed by atoms with E-state index in [9.17, 15) is 14.4 Å². The molecule has 0 amide bonds. The molecule has 1 rings (SSSR count). The Balaban J connectivity index is 2.95. The van der Waals surface area contributed by atoms with Gasteiger partial charge in [-0.05, 0) is 17.7 Å². The Morgan fingerprint density at radius 3 is 2.14 bits per heavy atom. The number of benzene rings is 1. The van der Waals surface area contributed by atoms with Crippen molar-refractivity contribution in [3.05, 3.63) is 34.9 Å². The Kier molecular flexibility index (Phi) is 6.37. The van der Waals surface area contributed by atoms with Gasteiger partial charge in [0.05, 0.1) is 20.6 Å². The highest BCUT2D eigenvalue weighted by atomic mass is 35.5. The maximum Gasteiger partial charge on any atom is 0.316 e. The highest BCUT2D eigenvalue weighted by Crippen LogP contribution is 2.24. The monoisotopic (exact) mass is 312 g/mol. The Hall–Kier alpha value is -1.88. The van der Waals surface area contributed by atoms with Crippen molar-refractivity contribution in [3.63, 3.8) is 0 Å². The molecule has 1 aromatic carbocycles. The number of ether oxygens (including phenoxy) is 2. The first-order chi connectivity index (χ1) is 9.90. The van der Waals surface area contributed by atoms with Gasteiger partial charge in [-0.3, -0.25) is 14.4 Å². The molecule has 0 aliphatic heterocycles. The third-order valence-corrected chi connectivity index (χ3v) is 3.48. The lowest BCUT2D eigenvalue weighted by molar-refractivity contribution is -0.155. The summed E-state index contributed by atoms with van der Waals surface area (Å²) in [5.41, 5.74) is 0.711. The van der Waals surface area contributed by atoms with Crippen molar-refractivity contribution >= 4 is 29.3 Å². The van der Waals surface area contributed by atoms with E-state index in [1.165, 1.54) is 14.2 Å². The predicted molar refractivity (Wildman–Crippen MR) is 77.0 cm³/mol. The number of carbonyl (C=O) groups is 3. The van der Waals surface area contributed by atoms with Gasteiger partial charge in [0.2, 0.25) is 0 Å². The summed E-state index contributed by atoms with van der Waals surface area (Å²) < 4.78 is 9.11. The van der Waals surface area contributed by atoms with Crippen LogP contribution in [0.25, 0.3) is 0 Å². The topological polar surface area (TPSA) is 69.7 Å². The van der Waals surface area contributed by atoms with Crippen LogP contribution in [0, 0.1) is 5.92 Å². The maximum atomic E-state index is 12.4. The van der Waals surface area contributed by atoms with Crippen molar-refractivity contribution in [1.82, 2.24) is 0 Å². The van der Waals surface area contributed by atoms with Crippen LogP contribution in [0.15, 0.2) is 24.3 Å². The molecule has 1 aromatic rings. The zero-order chi connectivity index (χ0) is 16.0. The fraction of sp³-hybridized carbons (Fsp3) is 0.400. The lowest BCUT2D eigenvalue weighted by atomic mass is 9.87. The van der Waals surface area contributed by atoms with Crippen molar-refractivity contribution in [1.29, 1.82) is 0 Å². The summed E-state index contributed by atoms with van der Waals surface area (Å²) in [4.78, 5) is 35.5. The minimum atomic E-state index is -1.17. The van der Waals surface area contributed by atoms with Crippen molar-refractivity contribution in [3.8, 4) is 0 Å². The number of ketones is 1. The van der Waals surface area contributed by atoms with E-state index in [1.807, 2.05) is 0 Å². The van der Waals surface area contributed by atoms with Gasteiger partial charge in [-0.1, -0.05) is 30.7 Å². The summed E-state index contributed by atoms with van der Waals surface area (Å²) in [7, 11) is 2.37. The third kappa shape index (κ3) is 4.56. The Bertz CT molecular complexity index is 523. The number of esters is 2. The second-order valence-corrected chi connectivity index (χ2v) is 4.97. The molecule has 6 heteroatoms. The first-order valence-corrected chi connectivity index (χ1v) is 6.72. The molecule has 5 nitrogen and oxygen atoms in total. The quantitative estimate of drug-likeness (QED) is 0.596. The average molecular weight is 313 g/mol. The SMILES string of the molecule is COC(=O)CC(C(=O)OC)C(=O)C(C)c1ccc(Cl)cc1. The summed E-state index contributed by atoms with van der Waals surface area (Å²) in [6.45, 7) is 1.67. The van der Waals surface area contributed by atoms with Crippen LogP contribution in [0.2, 0.25) is 5.02 Å². The molecule has 0 aliphatic carbocycles. The van der Waals surface area contributed by atoms with E-state index >= 15 is 0 Å². The van der Waals surface area contributed by atoms with Gasteiger partial charge in [-0.2, -0.15) is 0 Å². The Labute approximate surface area is 128 Å². The van der Waals surface area contributed by atoms with Crippen LogP contribution in [0.3, 0.4) is 0 Å². The van der Waals surface area contributed by atoms with Crippen LogP contribution in [-0.4, -0.2) is 31.9 Å². The van der Waals surface area contributed by atoms with Crippen LogP contribution in [0.4, 0.5) is 0 Å². The molecule has 0 aromatic heterocycles. The van der Waals surface area contributed by atoms with Gasteiger partial charge in [-0.25, -0.2) is 0 Å².